The van der Waals surface area contributed by atoms with Crippen molar-refractivity contribution in [3.63, 3.8) is 0 Å². The summed E-state index contributed by atoms with van der Waals surface area (Å²) in [4.78, 5) is 34.6. The fourth-order valence-corrected chi connectivity index (χ4v) is 5.03. The second-order valence-electron chi connectivity index (χ2n) is 7.35. The number of ether oxygens (including phenoxy) is 1. The molecule has 3 aromatic rings. The lowest BCUT2D eigenvalue weighted by Crippen LogP contribution is -2.18. The van der Waals surface area contributed by atoms with Gasteiger partial charge in [0.1, 0.15) is 4.83 Å². The summed E-state index contributed by atoms with van der Waals surface area (Å²) < 4.78 is 5.56. The van der Waals surface area contributed by atoms with E-state index in [-0.39, 0.29) is 5.56 Å². The Hall–Kier alpha value is -2.47. The van der Waals surface area contributed by atoms with E-state index >= 15 is 0 Å². The number of aromatic nitrogens is 2. The summed E-state index contributed by atoms with van der Waals surface area (Å²) in [6, 6.07) is 7.28. The molecule has 0 aliphatic heterocycles. The lowest BCUT2D eigenvalue weighted by atomic mass is 9.89. The second kappa shape index (κ2) is 6.93. The Morgan fingerprint density at radius 1 is 1.37 bits per heavy atom. The molecule has 1 aliphatic rings. The normalized spacial score (nSPS) is 17.5. The first-order chi connectivity index (χ1) is 12.9. The van der Waals surface area contributed by atoms with E-state index in [2.05, 4.69) is 16.9 Å². The smallest absolute Gasteiger partial charge is 0.339 e. The SMILES string of the molecule is Cc1ccccc1C(=O)O[C@@H](C)c1nc2sc3c(c2c(=O)[nH]1)CC[C@H](C)C3. The largest absolute Gasteiger partial charge is 0.451 e. The summed E-state index contributed by atoms with van der Waals surface area (Å²) in [6.07, 6.45) is 2.40. The van der Waals surface area contributed by atoms with E-state index in [0.717, 1.165) is 35.2 Å². The number of rotatable bonds is 3. The summed E-state index contributed by atoms with van der Waals surface area (Å²) >= 11 is 1.60. The van der Waals surface area contributed by atoms with Gasteiger partial charge in [0.25, 0.3) is 5.56 Å². The average molecular weight is 382 g/mol. The minimum atomic E-state index is -0.632. The van der Waals surface area contributed by atoms with Crippen LogP contribution >= 0.6 is 11.3 Å². The zero-order valence-corrected chi connectivity index (χ0v) is 16.5. The van der Waals surface area contributed by atoms with Crippen LogP contribution in [0.1, 0.15) is 58.6 Å². The minimum Gasteiger partial charge on any atom is -0.451 e. The lowest BCUT2D eigenvalue weighted by molar-refractivity contribution is 0.0319. The maximum absolute atomic E-state index is 12.7. The van der Waals surface area contributed by atoms with Gasteiger partial charge in [0.15, 0.2) is 11.9 Å². The molecule has 4 rings (SSSR count). The number of carbonyl (C=O) groups excluding carboxylic acids is 1. The predicted octanol–water partition coefficient (Wildman–Crippen LogP) is 4.34. The summed E-state index contributed by atoms with van der Waals surface area (Å²) in [5, 5.41) is 0.711. The highest BCUT2D eigenvalue weighted by Crippen LogP contribution is 2.36. The Kier molecular flexibility index (Phi) is 4.60. The van der Waals surface area contributed by atoms with Crippen LogP contribution in [0.2, 0.25) is 0 Å². The summed E-state index contributed by atoms with van der Waals surface area (Å²) in [7, 11) is 0. The van der Waals surface area contributed by atoms with Crippen LogP contribution in [-0.2, 0) is 17.6 Å². The van der Waals surface area contributed by atoms with E-state index in [9.17, 15) is 9.59 Å². The van der Waals surface area contributed by atoms with E-state index in [0.29, 0.717) is 22.7 Å². The predicted molar refractivity (Wildman–Crippen MR) is 106 cm³/mol. The van der Waals surface area contributed by atoms with Gasteiger partial charge >= 0.3 is 5.97 Å². The van der Waals surface area contributed by atoms with Crippen molar-refractivity contribution in [1.82, 2.24) is 9.97 Å². The third-order valence-corrected chi connectivity index (χ3v) is 6.37. The number of aryl methyl sites for hydroxylation is 2. The van der Waals surface area contributed by atoms with E-state index in [1.165, 1.54) is 4.88 Å². The van der Waals surface area contributed by atoms with Crippen LogP contribution < -0.4 is 5.56 Å². The molecule has 6 heteroatoms. The van der Waals surface area contributed by atoms with Gasteiger partial charge in [0.2, 0.25) is 0 Å². The second-order valence-corrected chi connectivity index (χ2v) is 8.43. The number of fused-ring (bicyclic) bond motifs is 3. The first-order valence-corrected chi connectivity index (χ1v) is 10.1. The van der Waals surface area contributed by atoms with Gasteiger partial charge < -0.3 is 9.72 Å². The van der Waals surface area contributed by atoms with Crippen molar-refractivity contribution in [3.05, 3.63) is 62.0 Å². The molecule has 2 heterocycles. The third-order valence-electron chi connectivity index (χ3n) is 5.22. The highest BCUT2D eigenvalue weighted by Gasteiger charge is 2.24. The summed E-state index contributed by atoms with van der Waals surface area (Å²) in [6.45, 7) is 5.84. The summed E-state index contributed by atoms with van der Waals surface area (Å²) in [5.74, 6) is 0.613. The van der Waals surface area contributed by atoms with Gasteiger partial charge in [-0.05, 0) is 56.2 Å². The number of aromatic amines is 1. The maximum atomic E-state index is 12.7. The van der Waals surface area contributed by atoms with Crippen LogP contribution in [0, 0.1) is 12.8 Å². The number of nitrogens with one attached hydrogen (secondary N) is 1. The Labute approximate surface area is 161 Å². The van der Waals surface area contributed by atoms with Crippen molar-refractivity contribution in [2.75, 3.05) is 0 Å². The quantitative estimate of drug-likeness (QED) is 0.684. The molecule has 27 heavy (non-hydrogen) atoms. The number of carbonyl (C=O) groups is 1. The van der Waals surface area contributed by atoms with E-state index in [4.69, 9.17) is 4.74 Å². The zero-order chi connectivity index (χ0) is 19.1. The van der Waals surface area contributed by atoms with Crippen LogP contribution in [0.3, 0.4) is 0 Å². The number of hydrogen-bond donors (Lipinski definition) is 1. The fourth-order valence-electron chi connectivity index (χ4n) is 3.64. The van der Waals surface area contributed by atoms with Crippen molar-refractivity contribution in [3.8, 4) is 0 Å². The third kappa shape index (κ3) is 3.30. The first-order valence-electron chi connectivity index (χ1n) is 9.25. The van der Waals surface area contributed by atoms with Crippen molar-refractivity contribution >= 4 is 27.5 Å². The van der Waals surface area contributed by atoms with Gasteiger partial charge in [-0.25, -0.2) is 9.78 Å². The monoisotopic (exact) mass is 382 g/mol. The van der Waals surface area contributed by atoms with Crippen LogP contribution in [0.4, 0.5) is 0 Å². The molecule has 2 atom stereocenters. The number of thiophene rings is 1. The first kappa shape index (κ1) is 17.9. The number of hydrogen-bond acceptors (Lipinski definition) is 5. The van der Waals surface area contributed by atoms with Gasteiger partial charge in [-0.1, -0.05) is 25.1 Å². The zero-order valence-electron chi connectivity index (χ0n) is 15.7. The average Bonchev–Trinajstić information content (AvgIpc) is 2.99. The highest BCUT2D eigenvalue weighted by atomic mass is 32.1. The minimum absolute atomic E-state index is 0.138. The molecule has 0 bridgehead atoms. The number of benzene rings is 1. The number of esters is 1. The number of nitrogens with zero attached hydrogens (tertiary/aromatic N) is 1. The Morgan fingerprint density at radius 3 is 2.93 bits per heavy atom. The van der Waals surface area contributed by atoms with E-state index in [1.807, 2.05) is 19.1 Å². The molecule has 0 amide bonds. The van der Waals surface area contributed by atoms with Crippen molar-refractivity contribution in [1.29, 1.82) is 0 Å². The van der Waals surface area contributed by atoms with Crippen LogP contribution in [0.25, 0.3) is 10.2 Å². The molecular formula is C21H22N2O3S. The molecule has 0 spiro atoms. The molecular weight excluding hydrogens is 360 g/mol. The molecule has 140 valence electrons. The fraction of sp³-hybridized carbons (Fsp3) is 0.381. The summed E-state index contributed by atoms with van der Waals surface area (Å²) in [5.41, 5.74) is 2.39. The molecule has 0 radical (unpaired) electrons. The van der Waals surface area contributed by atoms with Gasteiger partial charge in [0.05, 0.1) is 10.9 Å². The van der Waals surface area contributed by atoms with Crippen LogP contribution in [-0.4, -0.2) is 15.9 Å². The standard InChI is InChI=1S/C21H22N2O3S/c1-11-8-9-15-16(10-11)27-20-17(15)19(24)22-18(23-20)13(3)26-21(25)14-7-5-4-6-12(14)2/h4-7,11,13H,8-10H2,1-3H3,(H,22,23,24)/t11-,13-/m0/s1. The molecule has 2 aromatic heterocycles. The van der Waals surface area contributed by atoms with Gasteiger partial charge in [-0.2, -0.15) is 0 Å². The van der Waals surface area contributed by atoms with Gasteiger partial charge in [-0.3, -0.25) is 4.79 Å². The molecule has 0 saturated carbocycles. The molecule has 1 aromatic carbocycles. The molecule has 5 nitrogen and oxygen atoms in total. The molecule has 0 unspecified atom stereocenters. The Morgan fingerprint density at radius 2 is 2.15 bits per heavy atom. The van der Waals surface area contributed by atoms with Crippen LogP contribution in [0.5, 0.6) is 0 Å². The topological polar surface area (TPSA) is 72.0 Å². The van der Waals surface area contributed by atoms with E-state index < -0.39 is 12.1 Å². The van der Waals surface area contributed by atoms with Gasteiger partial charge in [-0.15, -0.1) is 11.3 Å². The molecule has 0 fully saturated rings. The van der Waals surface area contributed by atoms with Crippen LogP contribution in [0.15, 0.2) is 29.1 Å². The molecule has 1 N–H and O–H groups in total. The Bertz CT molecular complexity index is 1080. The molecule has 0 saturated heterocycles. The van der Waals surface area contributed by atoms with Crippen molar-refractivity contribution < 1.29 is 9.53 Å². The van der Waals surface area contributed by atoms with Gasteiger partial charge in [0, 0.05) is 4.88 Å². The highest BCUT2D eigenvalue weighted by molar-refractivity contribution is 7.18. The van der Waals surface area contributed by atoms with Crippen molar-refractivity contribution in [2.45, 2.75) is 46.1 Å². The van der Waals surface area contributed by atoms with E-state index in [1.54, 1.807) is 30.4 Å². The Balaban J connectivity index is 1.65. The lowest BCUT2D eigenvalue weighted by Gasteiger charge is -2.17. The maximum Gasteiger partial charge on any atom is 0.339 e. The number of H-pyrrole nitrogens is 1. The van der Waals surface area contributed by atoms with Crippen molar-refractivity contribution in [2.24, 2.45) is 5.92 Å². The molecule has 1 aliphatic carbocycles.